The second kappa shape index (κ2) is 5.34. The SMILES string of the molecule is O=C(O)N1CCC[C@@H](Nc2nc(Cl)ncc2F)C1. The van der Waals surface area contributed by atoms with Crippen molar-refractivity contribution < 1.29 is 14.3 Å². The van der Waals surface area contributed by atoms with E-state index in [2.05, 4.69) is 15.3 Å². The van der Waals surface area contributed by atoms with Crippen molar-refractivity contribution in [3.63, 3.8) is 0 Å². The summed E-state index contributed by atoms with van der Waals surface area (Å²) in [4.78, 5) is 19.4. The van der Waals surface area contributed by atoms with Gasteiger partial charge >= 0.3 is 6.09 Å². The lowest BCUT2D eigenvalue weighted by Crippen LogP contribution is -2.44. The molecule has 0 spiro atoms. The van der Waals surface area contributed by atoms with E-state index in [4.69, 9.17) is 16.7 Å². The minimum absolute atomic E-state index is 0.00670. The first-order valence-corrected chi connectivity index (χ1v) is 5.86. The Labute approximate surface area is 108 Å². The lowest BCUT2D eigenvalue weighted by Gasteiger charge is -2.31. The minimum atomic E-state index is -0.970. The van der Waals surface area contributed by atoms with E-state index in [1.807, 2.05) is 0 Å². The Morgan fingerprint density at radius 3 is 3.17 bits per heavy atom. The Balaban J connectivity index is 2.04. The highest BCUT2D eigenvalue weighted by Crippen LogP contribution is 2.18. The largest absolute Gasteiger partial charge is 0.465 e. The number of halogens is 2. The van der Waals surface area contributed by atoms with Crippen LogP contribution in [0.15, 0.2) is 6.20 Å². The third-order valence-electron chi connectivity index (χ3n) is 2.75. The van der Waals surface area contributed by atoms with E-state index in [0.29, 0.717) is 13.1 Å². The maximum absolute atomic E-state index is 13.4. The molecule has 2 rings (SSSR count). The highest BCUT2D eigenvalue weighted by Gasteiger charge is 2.24. The van der Waals surface area contributed by atoms with Crippen molar-refractivity contribution >= 4 is 23.5 Å². The summed E-state index contributed by atoms with van der Waals surface area (Å²) in [5, 5.41) is 11.7. The van der Waals surface area contributed by atoms with Crippen LogP contribution >= 0.6 is 11.6 Å². The summed E-state index contributed by atoms with van der Waals surface area (Å²) in [6.45, 7) is 0.803. The van der Waals surface area contributed by atoms with Crippen LogP contribution in [-0.2, 0) is 0 Å². The monoisotopic (exact) mass is 274 g/mol. The third-order valence-corrected chi connectivity index (χ3v) is 2.93. The second-order valence-corrected chi connectivity index (χ2v) is 4.39. The van der Waals surface area contributed by atoms with Crippen LogP contribution in [0.4, 0.5) is 15.0 Å². The Bertz CT molecular complexity index is 460. The first-order valence-electron chi connectivity index (χ1n) is 5.48. The lowest BCUT2D eigenvalue weighted by atomic mass is 10.1. The van der Waals surface area contributed by atoms with Gasteiger partial charge in [-0.3, -0.25) is 0 Å². The zero-order valence-corrected chi connectivity index (χ0v) is 10.2. The summed E-state index contributed by atoms with van der Waals surface area (Å²) in [6, 6.07) is -0.171. The van der Waals surface area contributed by atoms with Crippen molar-refractivity contribution in [1.82, 2.24) is 14.9 Å². The van der Waals surface area contributed by atoms with E-state index < -0.39 is 11.9 Å². The summed E-state index contributed by atoms with van der Waals surface area (Å²) in [5.41, 5.74) is 0. The predicted molar refractivity (Wildman–Crippen MR) is 63.2 cm³/mol. The minimum Gasteiger partial charge on any atom is -0.465 e. The van der Waals surface area contributed by atoms with Crippen molar-refractivity contribution in [2.45, 2.75) is 18.9 Å². The number of likely N-dealkylation sites (tertiary alicyclic amines) is 1. The average Bonchev–Trinajstić information content (AvgIpc) is 2.34. The molecule has 2 heterocycles. The van der Waals surface area contributed by atoms with Crippen LogP contribution in [0, 0.1) is 5.82 Å². The van der Waals surface area contributed by atoms with Crippen LogP contribution < -0.4 is 5.32 Å². The summed E-state index contributed by atoms with van der Waals surface area (Å²) in [6.07, 6.45) is 1.49. The number of rotatable bonds is 2. The number of piperidine rings is 1. The molecule has 0 unspecified atom stereocenters. The topological polar surface area (TPSA) is 78.4 Å². The number of carboxylic acid groups (broad SMARTS) is 1. The molecule has 0 radical (unpaired) electrons. The van der Waals surface area contributed by atoms with Gasteiger partial charge in [0.15, 0.2) is 11.6 Å². The summed E-state index contributed by atoms with van der Waals surface area (Å²) >= 11 is 5.58. The summed E-state index contributed by atoms with van der Waals surface area (Å²) in [5.74, 6) is -0.598. The molecule has 18 heavy (non-hydrogen) atoms. The molecule has 0 bridgehead atoms. The van der Waals surface area contributed by atoms with Gasteiger partial charge in [0, 0.05) is 19.1 Å². The van der Waals surface area contributed by atoms with Crippen LogP contribution in [0.5, 0.6) is 0 Å². The van der Waals surface area contributed by atoms with E-state index in [9.17, 15) is 9.18 Å². The molecule has 1 aromatic heterocycles. The van der Waals surface area contributed by atoms with Crippen molar-refractivity contribution in [3.8, 4) is 0 Å². The van der Waals surface area contributed by atoms with Gasteiger partial charge in [-0.1, -0.05) is 0 Å². The Morgan fingerprint density at radius 1 is 1.67 bits per heavy atom. The molecule has 0 aromatic carbocycles. The zero-order valence-electron chi connectivity index (χ0n) is 9.44. The highest BCUT2D eigenvalue weighted by molar-refractivity contribution is 6.28. The molecule has 1 aliphatic heterocycles. The molecule has 1 saturated heterocycles. The van der Waals surface area contributed by atoms with Gasteiger partial charge in [0.25, 0.3) is 0 Å². The fourth-order valence-corrected chi connectivity index (χ4v) is 2.04. The number of hydrogen-bond acceptors (Lipinski definition) is 4. The standard InChI is InChI=1S/C10H12ClFN4O2/c11-9-13-4-7(12)8(15-9)14-6-2-1-3-16(5-6)10(17)18/h4,6H,1-3,5H2,(H,17,18)(H,13,14,15)/t6-/m1/s1. The van der Waals surface area contributed by atoms with E-state index in [1.54, 1.807) is 0 Å². The number of amides is 1. The molecule has 0 aliphatic carbocycles. The Morgan fingerprint density at radius 2 is 2.44 bits per heavy atom. The molecular formula is C10H12ClFN4O2. The highest BCUT2D eigenvalue weighted by atomic mass is 35.5. The molecular weight excluding hydrogens is 263 g/mol. The molecule has 1 amide bonds. The molecule has 98 valence electrons. The summed E-state index contributed by atoms with van der Waals surface area (Å²) < 4.78 is 13.4. The van der Waals surface area contributed by atoms with Gasteiger partial charge in [-0.25, -0.2) is 14.2 Å². The summed E-state index contributed by atoms with van der Waals surface area (Å²) in [7, 11) is 0. The van der Waals surface area contributed by atoms with E-state index >= 15 is 0 Å². The number of carbonyl (C=O) groups is 1. The van der Waals surface area contributed by atoms with E-state index in [0.717, 1.165) is 19.0 Å². The van der Waals surface area contributed by atoms with Gasteiger partial charge in [-0.15, -0.1) is 0 Å². The zero-order chi connectivity index (χ0) is 13.1. The predicted octanol–water partition coefficient (Wildman–Crippen LogP) is 1.82. The fourth-order valence-electron chi connectivity index (χ4n) is 1.91. The molecule has 8 heteroatoms. The molecule has 1 atom stereocenters. The maximum Gasteiger partial charge on any atom is 0.407 e. The third kappa shape index (κ3) is 2.98. The first kappa shape index (κ1) is 12.8. The van der Waals surface area contributed by atoms with Crippen molar-refractivity contribution in [3.05, 3.63) is 17.3 Å². The van der Waals surface area contributed by atoms with Crippen LogP contribution in [0.1, 0.15) is 12.8 Å². The first-order chi connectivity index (χ1) is 8.56. The van der Waals surface area contributed by atoms with Gasteiger partial charge < -0.3 is 15.3 Å². The van der Waals surface area contributed by atoms with Crippen LogP contribution in [-0.4, -0.2) is 45.2 Å². The molecule has 2 N–H and O–H groups in total. The number of nitrogens with one attached hydrogen (secondary N) is 1. The number of aromatic nitrogens is 2. The fraction of sp³-hybridized carbons (Fsp3) is 0.500. The molecule has 1 aliphatic rings. The Hall–Kier alpha value is -1.63. The van der Waals surface area contributed by atoms with Gasteiger partial charge in [0.2, 0.25) is 5.28 Å². The normalized spacial score (nSPS) is 19.7. The second-order valence-electron chi connectivity index (χ2n) is 4.05. The number of anilines is 1. The van der Waals surface area contributed by atoms with Gasteiger partial charge in [0.1, 0.15) is 0 Å². The molecule has 0 saturated carbocycles. The molecule has 1 fully saturated rings. The van der Waals surface area contributed by atoms with Crippen molar-refractivity contribution in [2.75, 3.05) is 18.4 Å². The van der Waals surface area contributed by atoms with Gasteiger partial charge in [0.05, 0.1) is 6.20 Å². The number of nitrogens with zero attached hydrogens (tertiary/aromatic N) is 3. The molecule has 1 aromatic rings. The van der Waals surface area contributed by atoms with Crippen LogP contribution in [0.25, 0.3) is 0 Å². The number of hydrogen-bond donors (Lipinski definition) is 2. The Kier molecular flexibility index (Phi) is 3.81. The lowest BCUT2D eigenvalue weighted by molar-refractivity contribution is 0.132. The average molecular weight is 275 g/mol. The quantitative estimate of drug-likeness (QED) is 0.805. The van der Waals surface area contributed by atoms with Crippen molar-refractivity contribution in [2.24, 2.45) is 0 Å². The van der Waals surface area contributed by atoms with Crippen LogP contribution in [0.3, 0.4) is 0 Å². The van der Waals surface area contributed by atoms with Gasteiger partial charge in [-0.05, 0) is 24.4 Å². The molecule has 6 nitrogen and oxygen atoms in total. The van der Waals surface area contributed by atoms with E-state index in [-0.39, 0.29) is 17.1 Å². The maximum atomic E-state index is 13.4. The van der Waals surface area contributed by atoms with E-state index in [1.165, 1.54) is 4.90 Å². The van der Waals surface area contributed by atoms with Gasteiger partial charge in [-0.2, -0.15) is 4.98 Å². The smallest absolute Gasteiger partial charge is 0.407 e. The van der Waals surface area contributed by atoms with Crippen LogP contribution in [0.2, 0.25) is 5.28 Å². The van der Waals surface area contributed by atoms with Crippen molar-refractivity contribution in [1.29, 1.82) is 0 Å².